The Bertz CT molecular complexity index is 840. The van der Waals surface area contributed by atoms with Gasteiger partial charge in [0.25, 0.3) is 11.8 Å². The van der Waals surface area contributed by atoms with Crippen molar-refractivity contribution in [3.8, 4) is 0 Å². The van der Waals surface area contributed by atoms with Crippen LogP contribution in [0, 0.1) is 0 Å². The van der Waals surface area contributed by atoms with Crippen molar-refractivity contribution in [1.82, 2.24) is 0 Å². The summed E-state index contributed by atoms with van der Waals surface area (Å²) in [6.07, 6.45) is 3.78. The number of nitrogens with one attached hydrogen (secondary N) is 1. The van der Waals surface area contributed by atoms with Crippen LogP contribution in [0.2, 0.25) is 0 Å². The molecule has 0 spiro atoms. The SMILES string of the molecule is C=C1N=NC(SCC(=O)Nc2sc3c(c2C(N)=O)CCCC3)=NC1=O. The molecule has 3 amide bonds. The van der Waals surface area contributed by atoms with Crippen LogP contribution < -0.4 is 11.1 Å². The summed E-state index contributed by atoms with van der Waals surface area (Å²) in [4.78, 5) is 40.1. The third kappa shape index (κ3) is 3.85. The van der Waals surface area contributed by atoms with Crippen LogP contribution in [0.5, 0.6) is 0 Å². The quantitative estimate of drug-likeness (QED) is 0.780. The van der Waals surface area contributed by atoms with E-state index in [4.69, 9.17) is 5.73 Å². The predicted octanol–water partition coefficient (Wildman–Crippen LogP) is 2.26. The zero-order valence-corrected chi connectivity index (χ0v) is 14.8. The molecule has 10 heteroatoms. The minimum atomic E-state index is -0.570. The lowest BCUT2D eigenvalue weighted by atomic mass is 9.95. The third-order valence-electron chi connectivity index (χ3n) is 3.70. The molecule has 0 saturated carbocycles. The van der Waals surface area contributed by atoms with Crippen LogP contribution in [0.15, 0.2) is 27.5 Å². The maximum Gasteiger partial charge on any atom is 0.299 e. The van der Waals surface area contributed by atoms with Crippen LogP contribution in [0.1, 0.15) is 33.6 Å². The fourth-order valence-corrected chi connectivity index (χ4v) is 4.48. The number of thiophene rings is 1. The third-order valence-corrected chi connectivity index (χ3v) is 5.75. The van der Waals surface area contributed by atoms with Gasteiger partial charge in [-0.3, -0.25) is 14.4 Å². The lowest BCUT2D eigenvalue weighted by Crippen LogP contribution is -2.20. The molecular formula is C15H15N5O3S2. The number of carbonyl (C=O) groups is 3. The van der Waals surface area contributed by atoms with Crippen LogP contribution in [0.3, 0.4) is 0 Å². The molecular weight excluding hydrogens is 362 g/mol. The lowest BCUT2D eigenvalue weighted by molar-refractivity contribution is -0.115. The van der Waals surface area contributed by atoms with Crippen molar-refractivity contribution in [3.63, 3.8) is 0 Å². The molecule has 0 unspecified atom stereocenters. The van der Waals surface area contributed by atoms with E-state index in [0.717, 1.165) is 47.9 Å². The Labute approximate surface area is 151 Å². The van der Waals surface area contributed by atoms with Gasteiger partial charge in [-0.25, -0.2) is 0 Å². The number of aryl methyl sites for hydroxylation is 1. The first-order valence-corrected chi connectivity index (χ1v) is 9.36. The molecule has 8 nitrogen and oxygen atoms in total. The summed E-state index contributed by atoms with van der Waals surface area (Å²) < 4.78 is 0. The van der Waals surface area contributed by atoms with Crippen LogP contribution in [-0.2, 0) is 22.4 Å². The van der Waals surface area contributed by atoms with Crippen LogP contribution in [0.4, 0.5) is 5.00 Å². The minimum absolute atomic E-state index is 0.0155. The molecule has 3 rings (SSSR count). The first kappa shape index (κ1) is 17.5. The predicted molar refractivity (Wildman–Crippen MR) is 97.0 cm³/mol. The Hall–Kier alpha value is -2.33. The van der Waals surface area contributed by atoms with Crippen molar-refractivity contribution in [3.05, 3.63) is 28.3 Å². The molecule has 1 aromatic rings. The summed E-state index contributed by atoms with van der Waals surface area (Å²) in [5.74, 6) is -1.45. The fraction of sp³-hybridized carbons (Fsp3) is 0.333. The van der Waals surface area contributed by atoms with Crippen molar-refractivity contribution in [1.29, 1.82) is 0 Å². The number of anilines is 1. The number of amidine groups is 1. The summed E-state index contributed by atoms with van der Waals surface area (Å²) in [5, 5.41) is 10.6. The summed E-state index contributed by atoms with van der Waals surface area (Å²) >= 11 is 2.38. The normalized spacial score (nSPS) is 16.4. The summed E-state index contributed by atoms with van der Waals surface area (Å²) in [7, 11) is 0. The van der Waals surface area contributed by atoms with Crippen molar-refractivity contribution < 1.29 is 14.4 Å². The van der Waals surface area contributed by atoms with Crippen LogP contribution >= 0.6 is 23.1 Å². The molecule has 1 aliphatic carbocycles. The van der Waals surface area contributed by atoms with E-state index in [1.54, 1.807) is 0 Å². The molecule has 1 aliphatic heterocycles. The second-order valence-electron chi connectivity index (χ2n) is 5.46. The number of amides is 3. The zero-order chi connectivity index (χ0) is 18.0. The highest BCUT2D eigenvalue weighted by molar-refractivity contribution is 8.14. The number of carbonyl (C=O) groups excluding carboxylic acids is 3. The molecule has 130 valence electrons. The van der Waals surface area contributed by atoms with Crippen molar-refractivity contribution >= 4 is 51.0 Å². The topological polar surface area (TPSA) is 126 Å². The standard InChI is InChI=1S/C15H15N5O3S2/c1-7-13(23)18-15(20-19-7)24-6-10(21)17-14-11(12(16)22)8-4-2-3-5-9(8)25-14/h1-6H2,(H2,16,22)(H,17,21). The molecule has 3 N–H and O–H groups in total. The van der Waals surface area contributed by atoms with Gasteiger partial charge in [0.05, 0.1) is 11.3 Å². The molecule has 2 heterocycles. The van der Waals surface area contributed by atoms with Gasteiger partial charge in [-0.05, 0) is 31.2 Å². The monoisotopic (exact) mass is 377 g/mol. The molecule has 0 fully saturated rings. The number of primary amides is 1. The number of nitrogens with zero attached hydrogens (tertiary/aromatic N) is 3. The number of azo groups is 1. The van der Waals surface area contributed by atoms with Gasteiger partial charge in [0.1, 0.15) is 10.7 Å². The van der Waals surface area contributed by atoms with Gasteiger partial charge in [0.2, 0.25) is 11.1 Å². The smallest absolute Gasteiger partial charge is 0.299 e. The van der Waals surface area contributed by atoms with E-state index in [-0.39, 0.29) is 22.5 Å². The highest BCUT2D eigenvalue weighted by atomic mass is 32.2. The minimum Gasteiger partial charge on any atom is -0.365 e. The van der Waals surface area contributed by atoms with E-state index >= 15 is 0 Å². The Morgan fingerprint density at radius 3 is 2.76 bits per heavy atom. The van der Waals surface area contributed by atoms with Crippen LogP contribution in [-0.4, -0.2) is 28.6 Å². The number of hydrogen-bond acceptors (Lipinski definition) is 7. The van der Waals surface area contributed by atoms with Gasteiger partial charge >= 0.3 is 0 Å². The number of thioether (sulfide) groups is 1. The van der Waals surface area contributed by atoms with Crippen molar-refractivity contribution in [2.45, 2.75) is 25.7 Å². The number of rotatable bonds is 4. The van der Waals surface area contributed by atoms with Gasteiger partial charge < -0.3 is 11.1 Å². The molecule has 2 aliphatic rings. The van der Waals surface area contributed by atoms with Crippen molar-refractivity contribution in [2.24, 2.45) is 21.0 Å². The van der Waals surface area contributed by atoms with Gasteiger partial charge in [0.15, 0.2) is 0 Å². The first-order valence-electron chi connectivity index (χ1n) is 7.56. The number of nitrogens with two attached hydrogens (primary N) is 1. The average molecular weight is 377 g/mol. The Balaban J connectivity index is 1.67. The van der Waals surface area contributed by atoms with E-state index < -0.39 is 11.8 Å². The maximum absolute atomic E-state index is 12.2. The van der Waals surface area contributed by atoms with Crippen molar-refractivity contribution in [2.75, 3.05) is 11.1 Å². The Kier molecular flexibility index (Phi) is 5.09. The molecule has 25 heavy (non-hydrogen) atoms. The van der Waals surface area contributed by atoms with E-state index in [2.05, 4.69) is 27.1 Å². The van der Waals surface area contributed by atoms with E-state index in [1.807, 2.05) is 0 Å². The van der Waals surface area contributed by atoms with Gasteiger partial charge in [-0.2, -0.15) is 4.99 Å². The summed E-state index contributed by atoms with van der Waals surface area (Å²) in [6.45, 7) is 3.39. The summed E-state index contributed by atoms with van der Waals surface area (Å²) in [6, 6.07) is 0. The molecule has 0 bridgehead atoms. The highest BCUT2D eigenvalue weighted by Gasteiger charge is 2.25. The molecule has 0 atom stereocenters. The van der Waals surface area contributed by atoms with E-state index in [9.17, 15) is 14.4 Å². The number of fused-ring (bicyclic) bond motifs is 1. The number of hydrogen-bond donors (Lipinski definition) is 2. The van der Waals surface area contributed by atoms with E-state index in [1.165, 1.54) is 11.3 Å². The number of aliphatic imine (C=N–C) groups is 1. The summed E-state index contributed by atoms with van der Waals surface area (Å²) in [5.41, 5.74) is 6.83. The molecule has 0 saturated heterocycles. The molecule has 0 radical (unpaired) electrons. The second kappa shape index (κ2) is 7.28. The Morgan fingerprint density at radius 1 is 1.28 bits per heavy atom. The Morgan fingerprint density at radius 2 is 2.04 bits per heavy atom. The largest absolute Gasteiger partial charge is 0.365 e. The fourth-order valence-electron chi connectivity index (χ4n) is 2.59. The van der Waals surface area contributed by atoms with Gasteiger partial charge in [0, 0.05) is 4.88 Å². The van der Waals surface area contributed by atoms with Crippen LogP contribution in [0.25, 0.3) is 0 Å². The van der Waals surface area contributed by atoms with E-state index in [0.29, 0.717) is 10.6 Å². The second-order valence-corrected chi connectivity index (χ2v) is 7.51. The lowest BCUT2D eigenvalue weighted by Gasteiger charge is -2.11. The van der Waals surface area contributed by atoms with Gasteiger partial charge in [-0.1, -0.05) is 18.3 Å². The average Bonchev–Trinajstić information content (AvgIpc) is 2.93. The molecule has 0 aromatic carbocycles. The zero-order valence-electron chi connectivity index (χ0n) is 13.2. The first-order chi connectivity index (χ1) is 12.0. The maximum atomic E-state index is 12.2. The molecule has 1 aromatic heterocycles. The highest BCUT2D eigenvalue weighted by Crippen LogP contribution is 2.37. The van der Waals surface area contributed by atoms with Gasteiger partial charge in [-0.15, -0.1) is 21.6 Å².